The largest absolute Gasteiger partial charge is 0.494 e. The Balaban J connectivity index is 1.83. The lowest BCUT2D eigenvalue weighted by Crippen LogP contribution is -2.15. The van der Waals surface area contributed by atoms with Crippen molar-refractivity contribution in [3.8, 4) is 5.88 Å². The summed E-state index contributed by atoms with van der Waals surface area (Å²) in [6.45, 7) is 0.525. The molecule has 7 heteroatoms. The van der Waals surface area contributed by atoms with Crippen LogP contribution in [0.15, 0.2) is 77.8 Å². The molecule has 0 bridgehead atoms. The molecule has 3 aromatic carbocycles. The number of ether oxygens (including phenoxy) is 1. The normalized spacial score (nSPS) is 12.6. The van der Waals surface area contributed by atoms with Gasteiger partial charge in [0.2, 0.25) is 0 Å². The molecule has 33 heavy (non-hydrogen) atoms. The van der Waals surface area contributed by atoms with Crippen molar-refractivity contribution < 1.29 is 14.6 Å². The van der Waals surface area contributed by atoms with E-state index < -0.39 is 5.97 Å². The fourth-order valence-electron chi connectivity index (χ4n) is 3.80. The molecule has 1 atom stereocenters. The van der Waals surface area contributed by atoms with Gasteiger partial charge in [0.1, 0.15) is 0 Å². The van der Waals surface area contributed by atoms with Crippen molar-refractivity contribution in [1.29, 1.82) is 0 Å². The number of fused-ring (bicyclic) bond motifs is 1. The Kier molecular flexibility index (Phi) is 6.53. The summed E-state index contributed by atoms with van der Waals surface area (Å²) in [7, 11) is 1.33. The highest BCUT2D eigenvalue weighted by Gasteiger charge is 2.20. The predicted octanol–water partition coefficient (Wildman–Crippen LogP) is 4.18. The number of aromatic amines is 1. The molecule has 0 aliphatic carbocycles. The zero-order valence-electron chi connectivity index (χ0n) is 18.3. The van der Waals surface area contributed by atoms with Gasteiger partial charge in [-0.15, -0.1) is 0 Å². The summed E-state index contributed by atoms with van der Waals surface area (Å²) >= 11 is 0. The number of H-pyrrole nitrogens is 1. The van der Waals surface area contributed by atoms with Crippen LogP contribution in [0, 0.1) is 0 Å². The summed E-state index contributed by atoms with van der Waals surface area (Å²) in [5.74, 6) is -0.478. The van der Waals surface area contributed by atoms with Gasteiger partial charge in [0.25, 0.3) is 0 Å². The van der Waals surface area contributed by atoms with Gasteiger partial charge in [0.15, 0.2) is 5.88 Å². The molecule has 0 saturated heterocycles. The number of aromatic hydroxyl groups is 1. The van der Waals surface area contributed by atoms with E-state index >= 15 is 0 Å². The average molecular weight is 443 g/mol. The number of hydrogen-bond donors (Lipinski definition) is 4. The van der Waals surface area contributed by atoms with Crippen LogP contribution in [0.25, 0.3) is 10.9 Å². The van der Waals surface area contributed by atoms with Crippen LogP contribution in [-0.4, -0.2) is 35.4 Å². The molecule has 0 spiro atoms. The van der Waals surface area contributed by atoms with E-state index in [0.29, 0.717) is 35.3 Å². The zero-order chi connectivity index (χ0) is 23.4. The number of aliphatic imine (C=N–C) groups is 1. The molecule has 7 nitrogen and oxygen atoms in total. The molecule has 4 aromatic rings. The first-order chi connectivity index (χ1) is 16.0. The quantitative estimate of drug-likeness (QED) is 0.252. The highest BCUT2D eigenvalue weighted by atomic mass is 16.5. The van der Waals surface area contributed by atoms with Crippen molar-refractivity contribution in [3.05, 3.63) is 95.1 Å². The van der Waals surface area contributed by atoms with E-state index in [9.17, 15) is 9.90 Å². The molecule has 1 heterocycles. The second kappa shape index (κ2) is 9.68. The number of methoxy groups -OCH3 is 1. The van der Waals surface area contributed by atoms with Crippen molar-refractivity contribution in [1.82, 2.24) is 4.98 Å². The van der Waals surface area contributed by atoms with Gasteiger partial charge in [0, 0.05) is 22.5 Å². The first-order valence-electron chi connectivity index (χ1n) is 10.6. The van der Waals surface area contributed by atoms with E-state index in [1.54, 1.807) is 18.2 Å². The second-order valence-electron chi connectivity index (χ2n) is 7.70. The number of carbonyl (C=O) groups is 1. The van der Waals surface area contributed by atoms with Crippen LogP contribution in [0.4, 0.5) is 5.69 Å². The van der Waals surface area contributed by atoms with Gasteiger partial charge in [-0.1, -0.05) is 48.5 Å². The van der Waals surface area contributed by atoms with Crippen LogP contribution < -0.4 is 11.5 Å². The average Bonchev–Trinajstić information content (AvgIpc) is 3.17. The first-order valence-corrected chi connectivity index (χ1v) is 10.6. The lowest BCUT2D eigenvalue weighted by atomic mass is 10.00. The summed E-state index contributed by atoms with van der Waals surface area (Å²) in [5, 5.41) is 11.6. The Bertz CT molecular complexity index is 1290. The topological polar surface area (TPSA) is 127 Å². The molecule has 0 aliphatic rings. The summed E-state index contributed by atoms with van der Waals surface area (Å²) in [5.41, 5.74) is 16.5. The Morgan fingerprint density at radius 2 is 1.79 bits per heavy atom. The minimum Gasteiger partial charge on any atom is -0.494 e. The number of hydrogen-bond acceptors (Lipinski definition) is 6. The van der Waals surface area contributed by atoms with Gasteiger partial charge < -0.3 is 26.3 Å². The van der Waals surface area contributed by atoms with Crippen molar-refractivity contribution in [3.63, 3.8) is 0 Å². The molecule has 168 valence electrons. The minimum atomic E-state index is -0.447. The van der Waals surface area contributed by atoms with E-state index in [1.165, 1.54) is 7.11 Å². The van der Waals surface area contributed by atoms with E-state index in [0.717, 1.165) is 22.2 Å². The summed E-state index contributed by atoms with van der Waals surface area (Å²) < 4.78 is 4.80. The number of benzene rings is 3. The molecule has 0 radical (unpaired) electrons. The number of nitrogens with zero attached hydrogens (tertiary/aromatic N) is 1. The molecule has 1 aromatic heterocycles. The number of carbonyl (C=O) groups excluding carboxylic acids is 1. The fraction of sp³-hybridized carbons (Fsp3) is 0.154. The number of aromatic nitrogens is 1. The third-order valence-corrected chi connectivity index (χ3v) is 5.52. The minimum absolute atomic E-state index is 0.0313. The lowest BCUT2D eigenvalue weighted by molar-refractivity contribution is 0.0601. The Morgan fingerprint density at radius 3 is 2.45 bits per heavy atom. The van der Waals surface area contributed by atoms with Crippen molar-refractivity contribution >= 4 is 28.3 Å². The van der Waals surface area contributed by atoms with Crippen LogP contribution in [0.5, 0.6) is 5.88 Å². The highest BCUT2D eigenvalue weighted by Crippen LogP contribution is 2.32. The molecule has 4 rings (SSSR count). The Morgan fingerprint density at radius 1 is 1.06 bits per heavy atom. The number of rotatable bonds is 7. The van der Waals surface area contributed by atoms with Gasteiger partial charge in [-0.25, -0.2) is 9.79 Å². The SMILES string of the molecule is COC(=O)c1ccc2c(C(=Nc3ccc(C(N)CCN)cc3)c3ccccc3)c(O)[nH]c2c1. The summed E-state index contributed by atoms with van der Waals surface area (Å²) in [6, 6.07) is 22.3. The standard InChI is InChI=1S/C26H26N4O3/c1-33-26(32)18-9-12-20-22(15-18)30-25(31)23(20)24(17-5-3-2-4-6-17)29-19-10-7-16(8-11-19)21(28)13-14-27/h2-12,15,21,30-31H,13-14,27-28H2,1H3. The predicted molar refractivity (Wildman–Crippen MR) is 130 cm³/mol. The highest BCUT2D eigenvalue weighted by molar-refractivity contribution is 6.22. The van der Waals surface area contributed by atoms with Gasteiger partial charge in [0.05, 0.1) is 29.6 Å². The maximum Gasteiger partial charge on any atom is 0.337 e. The summed E-state index contributed by atoms with van der Waals surface area (Å²) in [4.78, 5) is 19.8. The van der Waals surface area contributed by atoms with Gasteiger partial charge in [-0.2, -0.15) is 0 Å². The summed E-state index contributed by atoms with van der Waals surface area (Å²) in [6.07, 6.45) is 0.703. The molecule has 6 N–H and O–H groups in total. The van der Waals surface area contributed by atoms with Crippen LogP contribution in [-0.2, 0) is 4.74 Å². The fourth-order valence-corrected chi connectivity index (χ4v) is 3.80. The van der Waals surface area contributed by atoms with Gasteiger partial charge >= 0.3 is 5.97 Å². The third-order valence-electron chi connectivity index (χ3n) is 5.52. The maximum absolute atomic E-state index is 11.9. The van der Waals surface area contributed by atoms with E-state index in [-0.39, 0.29) is 11.9 Å². The van der Waals surface area contributed by atoms with Crippen molar-refractivity contribution in [2.75, 3.05) is 13.7 Å². The molecular formula is C26H26N4O3. The number of esters is 1. The molecule has 0 amide bonds. The molecule has 1 unspecified atom stereocenters. The van der Waals surface area contributed by atoms with Crippen molar-refractivity contribution in [2.45, 2.75) is 12.5 Å². The first kappa shape index (κ1) is 22.3. The van der Waals surface area contributed by atoms with Crippen LogP contribution in [0.1, 0.15) is 39.5 Å². The van der Waals surface area contributed by atoms with Crippen molar-refractivity contribution in [2.24, 2.45) is 16.5 Å². The third kappa shape index (κ3) is 4.64. The Hall–Kier alpha value is -3.94. The van der Waals surface area contributed by atoms with Gasteiger partial charge in [-0.05, 0) is 42.8 Å². The molecular weight excluding hydrogens is 416 g/mol. The molecule has 0 aliphatic heterocycles. The van der Waals surface area contributed by atoms with E-state index in [2.05, 4.69) is 4.98 Å². The van der Waals surface area contributed by atoms with E-state index in [4.69, 9.17) is 21.2 Å². The Labute approximate surface area is 191 Å². The maximum atomic E-state index is 11.9. The second-order valence-corrected chi connectivity index (χ2v) is 7.70. The molecule has 0 fully saturated rings. The van der Waals surface area contributed by atoms with Crippen LogP contribution in [0.3, 0.4) is 0 Å². The number of nitrogens with two attached hydrogens (primary N) is 2. The lowest BCUT2D eigenvalue weighted by Gasteiger charge is -2.11. The zero-order valence-corrected chi connectivity index (χ0v) is 18.3. The molecule has 0 saturated carbocycles. The smallest absolute Gasteiger partial charge is 0.337 e. The van der Waals surface area contributed by atoms with Gasteiger partial charge in [-0.3, -0.25) is 0 Å². The monoisotopic (exact) mass is 442 g/mol. The number of nitrogens with one attached hydrogen (secondary N) is 1. The van der Waals surface area contributed by atoms with Crippen LogP contribution >= 0.6 is 0 Å². The van der Waals surface area contributed by atoms with Crippen LogP contribution in [0.2, 0.25) is 0 Å². The van der Waals surface area contributed by atoms with E-state index in [1.807, 2.05) is 54.6 Å².